The van der Waals surface area contributed by atoms with Crippen molar-refractivity contribution >= 4 is 39.3 Å². The van der Waals surface area contributed by atoms with Crippen LogP contribution in [0.3, 0.4) is 0 Å². The summed E-state index contributed by atoms with van der Waals surface area (Å²) in [6.07, 6.45) is 0. The van der Waals surface area contributed by atoms with Crippen LogP contribution in [0.5, 0.6) is 0 Å². The van der Waals surface area contributed by atoms with Crippen molar-refractivity contribution in [3.8, 4) is 17.1 Å². The maximum absolute atomic E-state index is 12.9. The summed E-state index contributed by atoms with van der Waals surface area (Å²) in [5, 5.41) is 10.2. The van der Waals surface area contributed by atoms with Gasteiger partial charge in [-0.25, -0.2) is 9.67 Å². The molecule has 0 saturated heterocycles. The van der Waals surface area contributed by atoms with E-state index in [1.807, 2.05) is 54.6 Å². The summed E-state index contributed by atoms with van der Waals surface area (Å²) in [7, 11) is 1.78. The number of nitrogens with one attached hydrogen (secondary N) is 2. The fraction of sp³-hybridized carbons (Fsp3) is 0.143. The number of thioether (sulfide) groups is 1. The molecule has 2 heterocycles. The first-order valence-corrected chi connectivity index (χ1v) is 11.2. The van der Waals surface area contributed by atoms with Crippen LogP contribution in [0.4, 0.5) is 5.69 Å². The van der Waals surface area contributed by atoms with E-state index in [2.05, 4.69) is 36.4 Å². The quantitative estimate of drug-likeness (QED) is 0.394. The predicted octanol–water partition coefficient (Wildman–Crippen LogP) is 3.76. The molecule has 1 amide bonds. The lowest BCUT2D eigenvalue weighted by molar-refractivity contribution is -0.113. The van der Waals surface area contributed by atoms with Crippen LogP contribution in [0.25, 0.3) is 17.1 Å². The Balaban J connectivity index is 1.44. The van der Waals surface area contributed by atoms with E-state index in [1.54, 1.807) is 18.7 Å². The number of carbonyl (C=O) groups excluding carboxylic acids is 1. The van der Waals surface area contributed by atoms with Crippen molar-refractivity contribution in [3.63, 3.8) is 0 Å². The molecule has 0 aliphatic rings. The molecule has 0 bridgehead atoms. The van der Waals surface area contributed by atoms with Crippen LogP contribution in [-0.4, -0.2) is 36.2 Å². The number of benzene rings is 2. The van der Waals surface area contributed by atoms with E-state index in [1.165, 1.54) is 16.4 Å². The molecule has 0 fully saturated rings. The minimum absolute atomic E-state index is 0.0801. The molecule has 0 spiro atoms. The van der Waals surface area contributed by atoms with Crippen LogP contribution in [0.15, 0.2) is 69.0 Å². The maximum atomic E-state index is 12.9. The van der Waals surface area contributed by atoms with E-state index in [0.717, 1.165) is 15.7 Å². The molecule has 2 aromatic heterocycles. The molecular weight excluding hydrogens is 480 g/mol. The van der Waals surface area contributed by atoms with Gasteiger partial charge < -0.3 is 5.32 Å². The molecule has 4 aromatic rings. The summed E-state index contributed by atoms with van der Waals surface area (Å²) in [6.45, 7) is 1.79. The summed E-state index contributed by atoms with van der Waals surface area (Å²) in [5.41, 5.74) is 2.28. The SMILES string of the molecule is Cc1c(NC(=O)CSc2n[nH]c(-c3ccc(Br)cc3)n2)c(=O)n(-c2ccccc2)n1C. The fourth-order valence-electron chi connectivity index (χ4n) is 3.07. The largest absolute Gasteiger partial charge is 0.319 e. The number of anilines is 1. The first-order valence-electron chi connectivity index (χ1n) is 9.39. The van der Waals surface area contributed by atoms with Crippen LogP contribution in [-0.2, 0) is 11.8 Å². The number of rotatable bonds is 6. The highest BCUT2D eigenvalue weighted by atomic mass is 79.9. The van der Waals surface area contributed by atoms with Gasteiger partial charge in [0.2, 0.25) is 11.1 Å². The zero-order chi connectivity index (χ0) is 22.0. The average molecular weight is 499 g/mol. The van der Waals surface area contributed by atoms with Gasteiger partial charge in [-0.2, -0.15) is 0 Å². The second kappa shape index (κ2) is 8.94. The molecule has 0 unspecified atom stereocenters. The Labute approximate surface area is 190 Å². The monoisotopic (exact) mass is 498 g/mol. The third kappa shape index (κ3) is 4.49. The van der Waals surface area contributed by atoms with Crippen molar-refractivity contribution < 1.29 is 4.79 Å². The number of hydrogen-bond donors (Lipinski definition) is 2. The van der Waals surface area contributed by atoms with Gasteiger partial charge in [0.25, 0.3) is 5.56 Å². The van der Waals surface area contributed by atoms with Gasteiger partial charge >= 0.3 is 0 Å². The second-order valence-electron chi connectivity index (χ2n) is 6.75. The predicted molar refractivity (Wildman–Crippen MR) is 125 cm³/mol. The van der Waals surface area contributed by atoms with Gasteiger partial charge in [0.05, 0.1) is 17.1 Å². The van der Waals surface area contributed by atoms with Crippen LogP contribution < -0.4 is 10.9 Å². The van der Waals surface area contributed by atoms with Crippen LogP contribution >= 0.6 is 27.7 Å². The number of aromatic nitrogens is 5. The normalized spacial score (nSPS) is 10.9. The molecule has 0 aliphatic heterocycles. The number of hydrogen-bond acceptors (Lipinski definition) is 5. The number of nitrogens with zero attached hydrogens (tertiary/aromatic N) is 4. The summed E-state index contributed by atoms with van der Waals surface area (Å²) >= 11 is 4.60. The smallest absolute Gasteiger partial charge is 0.295 e. The number of carbonyl (C=O) groups is 1. The third-order valence-corrected chi connectivity index (χ3v) is 6.11. The van der Waals surface area contributed by atoms with Crippen LogP contribution in [0.1, 0.15) is 5.69 Å². The number of aromatic amines is 1. The lowest BCUT2D eigenvalue weighted by Crippen LogP contribution is -2.23. The fourth-order valence-corrected chi connectivity index (χ4v) is 3.93. The highest BCUT2D eigenvalue weighted by Crippen LogP contribution is 2.21. The van der Waals surface area contributed by atoms with Crippen LogP contribution in [0, 0.1) is 6.92 Å². The Morgan fingerprint density at radius 3 is 2.58 bits per heavy atom. The van der Waals surface area contributed by atoms with Crippen LogP contribution in [0.2, 0.25) is 0 Å². The van der Waals surface area contributed by atoms with E-state index in [-0.39, 0.29) is 22.9 Å². The van der Waals surface area contributed by atoms with Crippen molar-refractivity contribution in [2.45, 2.75) is 12.1 Å². The Morgan fingerprint density at radius 1 is 1.16 bits per heavy atom. The standard InChI is InChI=1S/C21H19BrN6O2S/c1-13-18(20(30)28(27(13)2)16-6-4-3-5-7-16)23-17(29)12-31-21-24-19(25-26-21)14-8-10-15(22)11-9-14/h3-11H,12H2,1-2H3,(H,23,29)(H,24,25,26). The first-order chi connectivity index (χ1) is 14.9. The van der Waals surface area contributed by atoms with Crippen molar-refractivity contribution in [2.24, 2.45) is 7.05 Å². The van der Waals surface area contributed by atoms with Crippen molar-refractivity contribution in [1.29, 1.82) is 0 Å². The minimum atomic E-state index is -0.300. The maximum Gasteiger partial charge on any atom is 0.295 e. The lowest BCUT2D eigenvalue weighted by Gasteiger charge is -2.07. The lowest BCUT2D eigenvalue weighted by atomic mass is 10.2. The number of amides is 1. The first kappa shape index (κ1) is 21.1. The highest BCUT2D eigenvalue weighted by molar-refractivity contribution is 9.10. The molecule has 4 rings (SSSR count). The molecule has 2 aromatic carbocycles. The zero-order valence-corrected chi connectivity index (χ0v) is 19.2. The summed E-state index contributed by atoms with van der Waals surface area (Å²) in [4.78, 5) is 29.8. The summed E-state index contributed by atoms with van der Waals surface area (Å²) in [5.74, 6) is 0.405. The molecule has 0 atom stereocenters. The van der Waals surface area contributed by atoms with Gasteiger partial charge in [-0.1, -0.05) is 58.0 Å². The molecule has 8 nitrogen and oxygen atoms in total. The number of halogens is 1. The average Bonchev–Trinajstić information content (AvgIpc) is 3.33. The third-order valence-electron chi connectivity index (χ3n) is 4.73. The van der Waals surface area contributed by atoms with Gasteiger partial charge in [-0.3, -0.25) is 19.4 Å². The minimum Gasteiger partial charge on any atom is -0.319 e. The molecule has 2 N–H and O–H groups in total. The van der Waals surface area contributed by atoms with E-state index in [0.29, 0.717) is 16.7 Å². The molecule has 0 saturated carbocycles. The molecular formula is C21H19BrN6O2S. The van der Waals surface area contributed by atoms with Gasteiger partial charge in [0.1, 0.15) is 5.69 Å². The highest BCUT2D eigenvalue weighted by Gasteiger charge is 2.18. The molecule has 0 aliphatic carbocycles. The Morgan fingerprint density at radius 2 is 1.87 bits per heavy atom. The molecule has 158 valence electrons. The van der Waals surface area contributed by atoms with Crippen molar-refractivity contribution in [2.75, 3.05) is 11.1 Å². The zero-order valence-electron chi connectivity index (χ0n) is 16.8. The topological polar surface area (TPSA) is 97.6 Å². The Hall–Kier alpha value is -3.11. The second-order valence-corrected chi connectivity index (χ2v) is 8.61. The molecule has 10 heteroatoms. The van der Waals surface area contributed by atoms with Gasteiger partial charge in [0, 0.05) is 17.1 Å². The summed E-state index contributed by atoms with van der Waals surface area (Å²) in [6, 6.07) is 17.0. The van der Waals surface area contributed by atoms with Gasteiger partial charge in [0.15, 0.2) is 5.82 Å². The van der Waals surface area contributed by atoms with Gasteiger partial charge in [-0.15, -0.1) is 5.10 Å². The van der Waals surface area contributed by atoms with E-state index in [4.69, 9.17) is 0 Å². The number of H-pyrrole nitrogens is 1. The van der Waals surface area contributed by atoms with E-state index >= 15 is 0 Å². The Bertz CT molecular complexity index is 1280. The van der Waals surface area contributed by atoms with Gasteiger partial charge in [-0.05, 0) is 31.2 Å². The van der Waals surface area contributed by atoms with E-state index in [9.17, 15) is 9.59 Å². The molecule has 31 heavy (non-hydrogen) atoms. The Kier molecular flexibility index (Phi) is 6.10. The summed E-state index contributed by atoms with van der Waals surface area (Å²) < 4.78 is 4.22. The molecule has 0 radical (unpaired) electrons. The number of para-hydroxylation sites is 1. The van der Waals surface area contributed by atoms with Crippen molar-refractivity contribution in [3.05, 3.63) is 75.1 Å². The van der Waals surface area contributed by atoms with E-state index < -0.39 is 0 Å². The van der Waals surface area contributed by atoms with Crippen molar-refractivity contribution in [1.82, 2.24) is 24.5 Å².